The molecule has 1 heterocycles. The molecule has 0 aliphatic heterocycles. The summed E-state index contributed by atoms with van der Waals surface area (Å²) < 4.78 is 19.7. The van der Waals surface area contributed by atoms with Crippen LogP contribution in [0.3, 0.4) is 0 Å². The summed E-state index contributed by atoms with van der Waals surface area (Å²) in [7, 11) is 0. The van der Waals surface area contributed by atoms with Gasteiger partial charge in [-0.05, 0) is 52.2 Å². The lowest BCUT2D eigenvalue weighted by atomic mass is 10.0. The lowest BCUT2D eigenvalue weighted by molar-refractivity contribution is 0.530. The number of benzene rings is 1. The molecule has 0 bridgehead atoms. The summed E-state index contributed by atoms with van der Waals surface area (Å²) >= 11 is 6.66. The van der Waals surface area contributed by atoms with Gasteiger partial charge in [-0.2, -0.15) is 0 Å². The van der Waals surface area contributed by atoms with Gasteiger partial charge in [-0.1, -0.05) is 15.9 Å². The average Bonchev–Trinajstić information content (AvgIpc) is 2.70. The largest absolute Gasteiger partial charge is 0.457 e. The van der Waals surface area contributed by atoms with E-state index in [2.05, 4.69) is 31.9 Å². The third kappa shape index (κ3) is 2.97. The maximum atomic E-state index is 13.1. The Balaban J connectivity index is 2.21. The Bertz CT molecular complexity index is 527. The fourth-order valence-electron chi connectivity index (χ4n) is 1.62. The minimum atomic E-state index is -0.262. The van der Waals surface area contributed by atoms with E-state index in [1.807, 2.05) is 6.07 Å². The Kier molecular flexibility index (Phi) is 4.01. The molecular weight excluding hydrogens is 353 g/mol. The highest BCUT2D eigenvalue weighted by Crippen LogP contribution is 2.28. The topological polar surface area (TPSA) is 39.2 Å². The van der Waals surface area contributed by atoms with Crippen molar-refractivity contribution in [2.24, 2.45) is 5.73 Å². The molecule has 2 aromatic rings. The normalized spacial score (nSPS) is 12.7. The van der Waals surface area contributed by atoms with Gasteiger partial charge in [-0.25, -0.2) is 4.39 Å². The third-order valence-electron chi connectivity index (χ3n) is 2.49. The van der Waals surface area contributed by atoms with Gasteiger partial charge in [0.05, 0.1) is 6.26 Å². The molecule has 0 amide bonds. The number of nitrogens with two attached hydrogens (primary N) is 1. The highest BCUT2D eigenvalue weighted by Gasteiger charge is 2.14. The van der Waals surface area contributed by atoms with Gasteiger partial charge in [0.1, 0.15) is 5.82 Å². The van der Waals surface area contributed by atoms with E-state index in [0.717, 1.165) is 15.6 Å². The van der Waals surface area contributed by atoms with E-state index in [1.54, 1.807) is 12.3 Å². The Labute approximate surface area is 115 Å². The van der Waals surface area contributed by atoms with Gasteiger partial charge < -0.3 is 10.2 Å². The molecule has 0 radical (unpaired) electrons. The zero-order valence-electron chi connectivity index (χ0n) is 8.79. The molecule has 2 rings (SSSR count). The summed E-state index contributed by atoms with van der Waals surface area (Å²) in [5, 5.41) is 0. The number of furan rings is 1. The molecule has 2 N–H and O–H groups in total. The van der Waals surface area contributed by atoms with Crippen molar-refractivity contribution in [1.29, 1.82) is 0 Å². The van der Waals surface area contributed by atoms with Crippen LogP contribution in [0.4, 0.5) is 4.39 Å². The summed E-state index contributed by atoms with van der Waals surface area (Å²) in [6.07, 6.45) is 2.11. The highest BCUT2D eigenvalue weighted by molar-refractivity contribution is 9.10. The van der Waals surface area contributed by atoms with Crippen molar-refractivity contribution >= 4 is 31.9 Å². The molecule has 0 aliphatic rings. The Morgan fingerprint density at radius 3 is 2.71 bits per heavy atom. The van der Waals surface area contributed by atoms with Crippen LogP contribution in [0.25, 0.3) is 0 Å². The molecule has 0 saturated carbocycles. The molecule has 0 fully saturated rings. The maximum absolute atomic E-state index is 13.1. The zero-order valence-corrected chi connectivity index (χ0v) is 12.0. The molecular formula is C12H10Br2FNO. The summed E-state index contributed by atoms with van der Waals surface area (Å²) in [4.78, 5) is 0. The van der Waals surface area contributed by atoms with Crippen LogP contribution in [0.15, 0.2) is 44.1 Å². The van der Waals surface area contributed by atoms with Crippen molar-refractivity contribution in [2.45, 2.75) is 12.5 Å². The summed E-state index contributed by atoms with van der Waals surface area (Å²) in [6, 6.07) is 6.15. The van der Waals surface area contributed by atoms with E-state index in [4.69, 9.17) is 10.2 Å². The van der Waals surface area contributed by atoms with Gasteiger partial charge in [0.2, 0.25) is 0 Å². The minimum absolute atomic E-state index is 0.235. The first-order valence-electron chi connectivity index (χ1n) is 5.00. The van der Waals surface area contributed by atoms with Gasteiger partial charge in [0.25, 0.3) is 0 Å². The molecule has 0 saturated heterocycles. The first-order valence-corrected chi connectivity index (χ1v) is 6.59. The van der Waals surface area contributed by atoms with Crippen molar-refractivity contribution in [2.75, 3.05) is 0 Å². The van der Waals surface area contributed by atoms with E-state index >= 15 is 0 Å². The van der Waals surface area contributed by atoms with Crippen LogP contribution in [-0.2, 0) is 6.42 Å². The number of halogens is 3. The quantitative estimate of drug-likeness (QED) is 0.889. The number of hydrogen-bond donors (Lipinski definition) is 1. The molecule has 1 atom stereocenters. The Morgan fingerprint density at radius 2 is 2.06 bits per heavy atom. The predicted molar refractivity (Wildman–Crippen MR) is 71.1 cm³/mol. The second-order valence-corrected chi connectivity index (χ2v) is 5.27. The predicted octanol–water partition coefficient (Wildman–Crippen LogP) is 4.19. The lowest BCUT2D eigenvalue weighted by Gasteiger charge is -2.11. The lowest BCUT2D eigenvalue weighted by Crippen LogP contribution is -2.13. The maximum Gasteiger partial charge on any atom is 0.173 e. The molecule has 17 heavy (non-hydrogen) atoms. The van der Waals surface area contributed by atoms with Crippen molar-refractivity contribution in [1.82, 2.24) is 0 Å². The van der Waals surface area contributed by atoms with Crippen LogP contribution in [0.5, 0.6) is 0 Å². The number of rotatable bonds is 3. The van der Waals surface area contributed by atoms with Gasteiger partial charge in [0, 0.05) is 16.1 Å². The van der Waals surface area contributed by atoms with Crippen molar-refractivity contribution in [3.05, 3.63) is 56.6 Å². The van der Waals surface area contributed by atoms with E-state index < -0.39 is 0 Å². The first-order chi connectivity index (χ1) is 8.08. The fourth-order valence-corrected chi connectivity index (χ4v) is 2.56. The highest BCUT2D eigenvalue weighted by atomic mass is 79.9. The standard InChI is InChI=1S/C12H10Br2FNO/c13-10-2-1-8(15)5-7(10)6-11(16)9-3-4-17-12(9)14/h1-5,11H,6,16H2. The minimum Gasteiger partial charge on any atom is -0.457 e. The fraction of sp³-hybridized carbons (Fsp3) is 0.167. The average molecular weight is 363 g/mol. The second-order valence-electron chi connectivity index (χ2n) is 3.70. The van der Waals surface area contributed by atoms with E-state index in [1.165, 1.54) is 12.1 Å². The third-order valence-corrected chi connectivity index (χ3v) is 3.91. The van der Waals surface area contributed by atoms with E-state index in [-0.39, 0.29) is 11.9 Å². The van der Waals surface area contributed by atoms with Crippen LogP contribution < -0.4 is 5.73 Å². The smallest absolute Gasteiger partial charge is 0.173 e. The van der Waals surface area contributed by atoms with Crippen molar-refractivity contribution in [3.63, 3.8) is 0 Å². The van der Waals surface area contributed by atoms with Gasteiger partial charge in [-0.3, -0.25) is 0 Å². The molecule has 2 nitrogen and oxygen atoms in total. The SMILES string of the molecule is NC(Cc1cc(F)ccc1Br)c1ccoc1Br. The molecule has 1 aromatic heterocycles. The van der Waals surface area contributed by atoms with Gasteiger partial charge in [-0.15, -0.1) is 0 Å². The van der Waals surface area contributed by atoms with E-state index in [9.17, 15) is 4.39 Å². The zero-order chi connectivity index (χ0) is 12.4. The van der Waals surface area contributed by atoms with Gasteiger partial charge >= 0.3 is 0 Å². The Morgan fingerprint density at radius 1 is 1.29 bits per heavy atom. The molecule has 0 spiro atoms. The van der Waals surface area contributed by atoms with Crippen molar-refractivity contribution in [3.8, 4) is 0 Å². The summed E-state index contributed by atoms with van der Waals surface area (Å²) in [5.41, 5.74) is 7.77. The molecule has 1 aromatic carbocycles. The molecule has 5 heteroatoms. The van der Waals surface area contributed by atoms with Crippen LogP contribution in [0.1, 0.15) is 17.2 Å². The van der Waals surface area contributed by atoms with Crippen LogP contribution in [0, 0.1) is 5.82 Å². The van der Waals surface area contributed by atoms with Crippen molar-refractivity contribution < 1.29 is 8.81 Å². The van der Waals surface area contributed by atoms with Crippen LogP contribution in [0.2, 0.25) is 0 Å². The molecule has 1 unspecified atom stereocenters. The summed E-state index contributed by atoms with van der Waals surface area (Å²) in [5.74, 6) is -0.262. The van der Waals surface area contributed by atoms with Gasteiger partial charge in [0.15, 0.2) is 4.67 Å². The molecule has 90 valence electrons. The summed E-state index contributed by atoms with van der Waals surface area (Å²) in [6.45, 7) is 0. The van der Waals surface area contributed by atoms with E-state index in [0.29, 0.717) is 11.1 Å². The Hall–Kier alpha value is -0.650. The molecule has 0 aliphatic carbocycles. The monoisotopic (exact) mass is 361 g/mol. The first kappa shape index (κ1) is 12.8. The van der Waals surface area contributed by atoms with Crippen LogP contribution >= 0.6 is 31.9 Å². The number of hydrogen-bond acceptors (Lipinski definition) is 2. The van der Waals surface area contributed by atoms with Crippen LogP contribution in [-0.4, -0.2) is 0 Å². The second kappa shape index (κ2) is 5.33.